The average Bonchev–Trinajstić information content (AvgIpc) is 2.68. The van der Waals surface area contributed by atoms with Crippen LogP contribution in [0.3, 0.4) is 0 Å². The summed E-state index contributed by atoms with van der Waals surface area (Å²) in [6.45, 7) is 4.63. The zero-order chi connectivity index (χ0) is 20.0. The van der Waals surface area contributed by atoms with Crippen molar-refractivity contribution in [1.82, 2.24) is 0 Å². The van der Waals surface area contributed by atoms with E-state index in [0.29, 0.717) is 29.5 Å². The van der Waals surface area contributed by atoms with Crippen molar-refractivity contribution in [3.05, 3.63) is 47.5 Å². The summed E-state index contributed by atoms with van der Waals surface area (Å²) in [6, 6.07) is 11.1. The zero-order valence-electron chi connectivity index (χ0n) is 16.9. The van der Waals surface area contributed by atoms with E-state index >= 15 is 0 Å². The second-order valence-electron chi connectivity index (χ2n) is 6.57. The molecule has 0 heterocycles. The lowest BCUT2D eigenvalue weighted by molar-refractivity contribution is -0.907. The highest BCUT2D eigenvalue weighted by Crippen LogP contribution is 2.30. The zero-order valence-corrected chi connectivity index (χ0v) is 16.9. The molecule has 1 amide bonds. The van der Waals surface area contributed by atoms with Crippen molar-refractivity contribution in [2.24, 2.45) is 0 Å². The Labute approximate surface area is 161 Å². The van der Waals surface area contributed by atoms with E-state index in [-0.39, 0.29) is 11.9 Å². The summed E-state index contributed by atoms with van der Waals surface area (Å²) in [5.74, 6) is 1.98. The highest BCUT2D eigenvalue weighted by molar-refractivity contribution is 5.94. The van der Waals surface area contributed by atoms with E-state index in [1.165, 1.54) is 0 Å². The predicted molar refractivity (Wildman–Crippen MR) is 106 cm³/mol. The molecule has 0 saturated carbocycles. The molecule has 0 aliphatic heterocycles. The van der Waals surface area contributed by atoms with Gasteiger partial charge in [-0.2, -0.15) is 0 Å². The Morgan fingerprint density at radius 1 is 1.04 bits per heavy atom. The van der Waals surface area contributed by atoms with Gasteiger partial charge in [0.25, 0.3) is 5.91 Å². The number of hydrogen-bond donors (Lipinski definition) is 2. The van der Waals surface area contributed by atoms with Gasteiger partial charge in [-0.1, -0.05) is 12.1 Å². The maximum Gasteiger partial charge on any atom is 0.282 e. The van der Waals surface area contributed by atoms with Gasteiger partial charge in [0.2, 0.25) is 0 Å². The number of carbonyl (C=O) groups is 1. The van der Waals surface area contributed by atoms with E-state index in [0.717, 1.165) is 16.0 Å². The van der Waals surface area contributed by atoms with Crippen LogP contribution in [-0.2, 0) is 11.3 Å². The SMILES string of the molecule is COc1ccccc1NC(=O)[C@@H](C)[NH+](C)Cc1cc(OC)c(OC)cc1C. The van der Waals surface area contributed by atoms with Gasteiger partial charge in [0.15, 0.2) is 17.5 Å². The minimum Gasteiger partial charge on any atom is -0.495 e. The molecule has 1 unspecified atom stereocenters. The summed E-state index contributed by atoms with van der Waals surface area (Å²) < 4.78 is 16.0. The Bertz CT molecular complexity index is 792. The lowest BCUT2D eigenvalue weighted by atomic mass is 10.1. The maximum absolute atomic E-state index is 12.7. The third-order valence-electron chi connectivity index (χ3n) is 4.81. The first-order valence-corrected chi connectivity index (χ1v) is 8.89. The summed E-state index contributed by atoms with van der Waals surface area (Å²) >= 11 is 0. The molecule has 0 radical (unpaired) electrons. The molecule has 0 aromatic heterocycles. The number of aryl methyl sites for hydroxylation is 1. The van der Waals surface area contributed by atoms with Gasteiger partial charge in [-0.05, 0) is 43.7 Å². The number of carbonyl (C=O) groups excluding carboxylic acids is 1. The first-order valence-electron chi connectivity index (χ1n) is 8.89. The number of benzene rings is 2. The van der Waals surface area contributed by atoms with E-state index in [4.69, 9.17) is 14.2 Å². The molecule has 0 spiro atoms. The number of nitrogens with one attached hydrogen (secondary N) is 2. The third kappa shape index (κ3) is 4.92. The molecule has 0 fully saturated rings. The van der Waals surface area contributed by atoms with Crippen LogP contribution in [0, 0.1) is 6.92 Å². The fraction of sp³-hybridized carbons (Fsp3) is 0.381. The maximum atomic E-state index is 12.7. The molecule has 2 N–H and O–H groups in total. The predicted octanol–water partition coefficient (Wildman–Crippen LogP) is 2.06. The molecule has 6 nitrogen and oxygen atoms in total. The Morgan fingerprint density at radius 3 is 2.26 bits per heavy atom. The van der Waals surface area contributed by atoms with Crippen LogP contribution >= 0.6 is 0 Å². The van der Waals surface area contributed by atoms with Crippen molar-refractivity contribution in [2.75, 3.05) is 33.7 Å². The molecule has 0 bridgehead atoms. The normalized spacial score (nSPS) is 12.8. The van der Waals surface area contributed by atoms with Gasteiger partial charge >= 0.3 is 0 Å². The fourth-order valence-corrected chi connectivity index (χ4v) is 2.88. The van der Waals surface area contributed by atoms with Crippen molar-refractivity contribution in [3.8, 4) is 17.2 Å². The second kappa shape index (κ2) is 9.28. The lowest BCUT2D eigenvalue weighted by Gasteiger charge is -2.23. The Kier molecular flexibility index (Phi) is 7.07. The largest absolute Gasteiger partial charge is 0.495 e. The summed E-state index contributed by atoms with van der Waals surface area (Å²) in [4.78, 5) is 13.8. The summed E-state index contributed by atoms with van der Waals surface area (Å²) in [5.41, 5.74) is 2.89. The van der Waals surface area contributed by atoms with E-state index in [2.05, 4.69) is 5.32 Å². The van der Waals surface area contributed by atoms with E-state index < -0.39 is 0 Å². The second-order valence-corrected chi connectivity index (χ2v) is 6.57. The van der Waals surface area contributed by atoms with Crippen LogP contribution in [0.5, 0.6) is 17.2 Å². The van der Waals surface area contributed by atoms with E-state index in [1.807, 2.05) is 57.3 Å². The van der Waals surface area contributed by atoms with Gasteiger partial charge in [0.1, 0.15) is 12.3 Å². The first kappa shape index (κ1) is 20.6. The molecule has 146 valence electrons. The highest BCUT2D eigenvalue weighted by atomic mass is 16.5. The smallest absolute Gasteiger partial charge is 0.282 e. The van der Waals surface area contributed by atoms with Crippen molar-refractivity contribution >= 4 is 11.6 Å². The minimum atomic E-state index is -0.248. The first-order chi connectivity index (χ1) is 12.9. The molecular formula is C21H29N2O4+. The van der Waals surface area contributed by atoms with Gasteiger partial charge in [-0.15, -0.1) is 0 Å². The number of ether oxygens (including phenoxy) is 3. The number of rotatable bonds is 8. The average molecular weight is 373 g/mol. The monoisotopic (exact) mass is 373 g/mol. The number of likely N-dealkylation sites (N-methyl/N-ethyl adjacent to an activating group) is 1. The molecule has 2 rings (SSSR count). The Morgan fingerprint density at radius 2 is 1.63 bits per heavy atom. The standard InChI is InChI=1S/C21H28N2O4/c1-14-11-19(26-5)20(27-6)12-16(14)13-23(3)15(2)21(24)22-17-9-7-8-10-18(17)25-4/h7-12,15H,13H2,1-6H3,(H,22,24)/p+1/t15-/m1/s1. The summed E-state index contributed by atoms with van der Waals surface area (Å²) in [5, 5.41) is 2.95. The van der Waals surface area contributed by atoms with Crippen molar-refractivity contribution in [2.45, 2.75) is 26.4 Å². The van der Waals surface area contributed by atoms with Crippen LogP contribution in [0.25, 0.3) is 0 Å². The number of amides is 1. The molecule has 0 aliphatic rings. The quantitative estimate of drug-likeness (QED) is 0.744. The van der Waals surface area contributed by atoms with Crippen LogP contribution < -0.4 is 24.4 Å². The molecule has 27 heavy (non-hydrogen) atoms. The fourth-order valence-electron chi connectivity index (χ4n) is 2.88. The summed E-state index contributed by atoms with van der Waals surface area (Å²) in [6.07, 6.45) is 0. The number of quaternary nitrogens is 1. The molecule has 0 saturated heterocycles. The van der Waals surface area contributed by atoms with Gasteiger partial charge in [0, 0.05) is 5.56 Å². The van der Waals surface area contributed by atoms with Gasteiger partial charge in [-0.25, -0.2) is 0 Å². The van der Waals surface area contributed by atoms with Crippen LogP contribution in [0.15, 0.2) is 36.4 Å². The van der Waals surface area contributed by atoms with Crippen LogP contribution in [0.2, 0.25) is 0 Å². The number of anilines is 1. The van der Waals surface area contributed by atoms with Gasteiger partial charge < -0.3 is 24.4 Å². The topological polar surface area (TPSA) is 61.2 Å². The molecule has 6 heteroatoms. The van der Waals surface area contributed by atoms with Crippen LogP contribution in [0.4, 0.5) is 5.69 Å². The number of hydrogen-bond acceptors (Lipinski definition) is 4. The van der Waals surface area contributed by atoms with E-state index in [9.17, 15) is 4.79 Å². The number of methoxy groups -OCH3 is 3. The minimum absolute atomic E-state index is 0.0601. The van der Waals surface area contributed by atoms with Crippen molar-refractivity contribution in [3.63, 3.8) is 0 Å². The van der Waals surface area contributed by atoms with Crippen molar-refractivity contribution in [1.29, 1.82) is 0 Å². The van der Waals surface area contributed by atoms with Crippen LogP contribution in [-0.4, -0.2) is 40.3 Å². The molecule has 2 aromatic carbocycles. The molecular weight excluding hydrogens is 344 g/mol. The van der Waals surface area contributed by atoms with E-state index in [1.54, 1.807) is 21.3 Å². The van der Waals surface area contributed by atoms with Crippen molar-refractivity contribution < 1.29 is 23.9 Å². The van der Waals surface area contributed by atoms with Gasteiger partial charge in [0.05, 0.1) is 34.1 Å². The van der Waals surface area contributed by atoms with Gasteiger partial charge in [-0.3, -0.25) is 4.79 Å². The summed E-state index contributed by atoms with van der Waals surface area (Å²) in [7, 11) is 6.84. The molecule has 2 atom stereocenters. The van der Waals surface area contributed by atoms with Crippen LogP contribution in [0.1, 0.15) is 18.1 Å². The Hall–Kier alpha value is -2.73. The molecule has 2 aromatic rings. The Balaban J connectivity index is 2.11. The molecule has 0 aliphatic carbocycles. The number of para-hydroxylation sites is 2. The lowest BCUT2D eigenvalue weighted by Crippen LogP contribution is -3.12. The third-order valence-corrected chi connectivity index (χ3v) is 4.81. The highest BCUT2D eigenvalue weighted by Gasteiger charge is 2.24.